The van der Waals surface area contributed by atoms with E-state index in [1.165, 1.54) is 20.9 Å². The Bertz CT molecular complexity index is 1320. The van der Waals surface area contributed by atoms with Gasteiger partial charge in [-0.15, -0.1) is 11.3 Å². The predicted octanol–water partition coefficient (Wildman–Crippen LogP) is 6.57. The Morgan fingerprint density at radius 1 is 1.03 bits per heavy atom. The molecular weight excluding hydrogens is 468 g/mol. The zero-order valence-electron chi connectivity index (χ0n) is 20.3. The fourth-order valence-electron chi connectivity index (χ4n) is 3.96. The van der Waals surface area contributed by atoms with Crippen LogP contribution < -0.4 is 14.8 Å². The van der Waals surface area contributed by atoms with Crippen LogP contribution >= 0.6 is 22.9 Å². The summed E-state index contributed by atoms with van der Waals surface area (Å²) in [4.78, 5) is 13.9. The molecule has 2 aromatic heterocycles. The Hall–Kier alpha value is -2.87. The van der Waals surface area contributed by atoms with Gasteiger partial charge in [0.2, 0.25) is 0 Å². The second-order valence-electron chi connectivity index (χ2n) is 8.45. The van der Waals surface area contributed by atoms with E-state index in [-0.39, 0.29) is 6.04 Å². The highest BCUT2D eigenvalue weighted by Gasteiger charge is 2.17. The monoisotopic (exact) mass is 496 g/mol. The van der Waals surface area contributed by atoms with Crippen LogP contribution in [0.1, 0.15) is 29.2 Å². The standard InChI is InChI=1S/C26H29ClN4O2S/c1-15(24-9-10-25(34-24)19-8-7-18(27)11-17(19)14-31(3)4)28-26-20-12-22(32-5)23(33-6)13-21(20)29-16(2)30-26/h7-13,15H,14H2,1-6H3,(H,28,29,30). The van der Waals surface area contributed by atoms with E-state index in [1.807, 2.05) is 25.1 Å². The molecule has 4 aromatic rings. The number of nitrogens with one attached hydrogen (secondary N) is 1. The van der Waals surface area contributed by atoms with Crippen molar-refractivity contribution in [2.75, 3.05) is 33.6 Å². The molecule has 0 saturated heterocycles. The minimum absolute atomic E-state index is 0.0499. The Labute approximate surface area is 209 Å². The number of fused-ring (bicyclic) bond motifs is 1. The first kappa shape index (κ1) is 24.3. The second-order valence-corrected chi connectivity index (χ2v) is 10.0. The fraction of sp³-hybridized carbons (Fsp3) is 0.308. The molecule has 1 unspecified atom stereocenters. The number of halogens is 1. The molecule has 0 amide bonds. The Balaban J connectivity index is 1.66. The maximum Gasteiger partial charge on any atom is 0.162 e. The molecule has 4 rings (SSSR count). The molecule has 6 nitrogen and oxygen atoms in total. The van der Waals surface area contributed by atoms with E-state index in [9.17, 15) is 0 Å². The highest BCUT2D eigenvalue weighted by molar-refractivity contribution is 7.15. The van der Waals surface area contributed by atoms with Crippen molar-refractivity contribution in [1.29, 1.82) is 0 Å². The molecule has 1 atom stereocenters. The minimum Gasteiger partial charge on any atom is -0.493 e. The van der Waals surface area contributed by atoms with Crippen LogP contribution in [0.5, 0.6) is 11.5 Å². The lowest BCUT2D eigenvalue weighted by atomic mass is 10.1. The molecule has 34 heavy (non-hydrogen) atoms. The number of aromatic nitrogens is 2. The van der Waals surface area contributed by atoms with E-state index < -0.39 is 0 Å². The molecule has 0 aliphatic heterocycles. The quantitative estimate of drug-likeness (QED) is 0.297. The highest BCUT2D eigenvalue weighted by Crippen LogP contribution is 2.38. The first-order chi connectivity index (χ1) is 16.3. The molecule has 178 valence electrons. The smallest absolute Gasteiger partial charge is 0.162 e. The van der Waals surface area contributed by atoms with Crippen LogP contribution in [0.2, 0.25) is 5.02 Å². The van der Waals surface area contributed by atoms with Crippen molar-refractivity contribution >= 4 is 39.7 Å². The second kappa shape index (κ2) is 10.2. The van der Waals surface area contributed by atoms with Crippen molar-refractivity contribution in [2.24, 2.45) is 0 Å². The van der Waals surface area contributed by atoms with Crippen molar-refractivity contribution < 1.29 is 9.47 Å². The summed E-state index contributed by atoms with van der Waals surface area (Å²) in [5.74, 6) is 2.75. The molecule has 2 aromatic carbocycles. The molecule has 0 aliphatic carbocycles. The number of benzene rings is 2. The van der Waals surface area contributed by atoms with E-state index in [1.54, 1.807) is 25.6 Å². The van der Waals surface area contributed by atoms with Gasteiger partial charge in [-0.25, -0.2) is 9.97 Å². The number of methoxy groups -OCH3 is 2. The van der Waals surface area contributed by atoms with Crippen LogP contribution in [-0.4, -0.2) is 43.2 Å². The lowest BCUT2D eigenvalue weighted by molar-refractivity contribution is 0.356. The van der Waals surface area contributed by atoms with E-state index in [2.05, 4.69) is 65.5 Å². The molecule has 8 heteroatoms. The summed E-state index contributed by atoms with van der Waals surface area (Å²) in [6.45, 7) is 4.86. The maximum atomic E-state index is 6.28. The predicted molar refractivity (Wildman–Crippen MR) is 142 cm³/mol. The van der Waals surface area contributed by atoms with E-state index >= 15 is 0 Å². The number of ether oxygens (including phenoxy) is 2. The third-order valence-electron chi connectivity index (χ3n) is 5.54. The third-order valence-corrected chi connectivity index (χ3v) is 7.08. The van der Waals surface area contributed by atoms with E-state index in [4.69, 9.17) is 21.1 Å². The molecule has 0 aliphatic rings. The topological polar surface area (TPSA) is 59.5 Å². The summed E-state index contributed by atoms with van der Waals surface area (Å²) in [5, 5.41) is 5.23. The average molecular weight is 497 g/mol. The number of thiophene rings is 1. The minimum atomic E-state index is 0.0499. The van der Waals surface area contributed by atoms with Gasteiger partial charge in [-0.2, -0.15) is 0 Å². The summed E-state index contributed by atoms with van der Waals surface area (Å²) in [7, 11) is 7.38. The van der Waals surface area contributed by atoms with Gasteiger partial charge >= 0.3 is 0 Å². The van der Waals surface area contributed by atoms with Crippen LogP contribution in [0.3, 0.4) is 0 Å². The van der Waals surface area contributed by atoms with Crippen molar-refractivity contribution in [3.63, 3.8) is 0 Å². The maximum absolute atomic E-state index is 6.28. The lowest BCUT2D eigenvalue weighted by Gasteiger charge is -2.17. The number of nitrogens with zero attached hydrogens (tertiary/aromatic N) is 3. The number of rotatable bonds is 8. The SMILES string of the molecule is COc1cc2nc(C)nc(NC(C)c3ccc(-c4ccc(Cl)cc4CN(C)C)s3)c2cc1OC. The fourth-order valence-corrected chi connectivity index (χ4v) is 5.23. The average Bonchev–Trinajstić information content (AvgIpc) is 3.28. The molecule has 0 bridgehead atoms. The normalized spacial score (nSPS) is 12.2. The van der Waals surface area contributed by atoms with E-state index in [0.717, 1.165) is 28.3 Å². The van der Waals surface area contributed by atoms with Gasteiger partial charge in [-0.1, -0.05) is 17.7 Å². The summed E-state index contributed by atoms with van der Waals surface area (Å²) < 4.78 is 10.9. The number of anilines is 1. The van der Waals surface area contributed by atoms with Crippen LogP contribution in [0.25, 0.3) is 21.3 Å². The number of aryl methyl sites for hydroxylation is 1. The van der Waals surface area contributed by atoms with Gasteiger partial charge in [0.05, 0.1) is 25.8 Å². The Morgan fingerprint density at radius 2 is 1.76 bits per heavy atom. The Kier molecular flexibility index (Phi) is 7.26. The summed E-state index contributed by atoms with van der Waals surface area (Å²) in [6, 6.07) is 14.3. The van der Waals surface area contributed by atoms with E-state index in [0.29, 0.717) is 17.3 Å². The molecule has 0 saturated carbocycles. The van der Waals surface area contributed by atoms with Crippen LogP contribution in [0.4, 0.5) is 5.82 Å². The van der Waals surface area contributed by atoms with Gasteiger partial charge in [0.1, 0.15) is 11.6 Å². The summed E-state index contributed by atoms with van der Waals surface area (Å²) >= 11 is 8.05. The number of hydrogen-bond acceptors (Lipinski definition) is 7. The summed E-state index contributed by atoms with van der Waals surface area (Å²) in [5.41, 5.74) is 3.23. The largest absolute Gasteiger partial charge is 0.493 e. The van der Waals surface area contributed by atoms with Gasteiger partial charge in [0.15, 0.2) is 11.5 Å². The van der Waals surface area contributed by atoms with Crippen molar-refractivity contribution in [3.8, 4) is 21.9 Å². The zero-order valence-corrected chi connectivity index (χ0v) is 21.8. The first-order valence-corrected chi connectivity index (χ1v) is 12.2. The molecule has 0 fully saturated rings. The molecule has 0 spiro atoms. The molecule has 2 heterocycles. The van der Waals surface area contributed by atoms with Crippen molar-refractivity contribution in [3.05, 3.63) is 63.8 Å². The van der Waals surface area contributed by atoms with Gasteiger partial charge in [-0.05, 0) is 69.4 Å². The highest BCUT2D eigenvalue weighted by atomic mass is 35.5. The van der Waals surface area contributed by atoms with Crippen molar-refractivity contribution in [2.45, 2.75) is 26.4 Å². The zero-order chi connectivity index (χ0) is 24.4. The van der Waals surface area contributed by atoms with Crippen molar-refractivity contribution in [1.82, 2.24) is 14.9 Å². The van der Waals surface area contributed by atoms with Gasteiger partial charge in [0, 0.05) is 32.8 Å². The third kappa shape index (κ3) is 5.12. The van der Waals surface area contributed by atoms with Crippen LogP contribution in [0.15, 0.2) is 42.5 Å². The van der Waals surface area contributed by atoms with Gasteiger partial charge in [-0.3, -0.25) is 0 Å². The molecular formula is C26H29ClN4O2S. The van der Waals surface area contributed by atoms with Gasteiger partial charge < -0.3 is 19.7 Å². The van der Waals surface area contributed by atoms with Gasteiger partial charge in [0.25, 0.3) is 0 Å². The molecule has 0 radical (unpaired) electrons. The van der Waals surface area contributed by atoms with Crippen LogP contribution in [0, 0.1) is 6.92 Å². The Morgan fingerprint density at radius 3 is 2.47 bits per heavy atom. The number of hydrogen-bond donors (Lipinski definition) is 1. The van der Waals surface area contributed by atoms with Crippen LogP contribution in [-0.2, 0) is 6.54 Å². The first-order valence-electron chi connectivity index (χ1n) is 11.0. The lowest BCUT2D eigenvalue weighted by Crippen LogP contribution is -2.11. The summed E-state index contributed by atoms with van der Waals surface area (Å²) in [6.07, 6.45) is 0. The molecule has 1 N–H and O–H groups in total.